The van der Waals surface area contributed by atoms with E-state index < -0.39 is 17.5 Å². The van der Waals surface area contributed by atoms with E-state index in [0.717, 1.165) is 12.8 Å². The summed E-state index contributed by atoms with van der Waals surface area (Å²) in [6, 6.07) is -0.547. The Morgan fingerprint density at radius 3 is 2.68 bits per heavy atom. The molecule has 0 bridgehead atoms. The second-order valence-corrected chi connectivity index (χ2v) is 5.73. The average molecular weight is 284 g/mol. The summed E-state index contributed by atoms with van der Waals surface area (Å²) in [5.41, 5.74) is 0.326. The highest BCUT2D eigenvalue weighted by Crippen LogP contribution is 2.32. The monoisotopic (exact) mass is 284 g/mol. The standard InChI is InChI=1S/C11H16N4O3S/c1-7-2-4-11(5-3-7,8(16)17)14-9(18)13-10-15-12-6-19-10/h6-7H,2-5H2,1H3,(H,16,17)(H2,13,14,15,18). The molecule has 7 nitrogen and oxygen atoms in total. The molecule has 0 unspecified atom stereocenters. The number of carbonyl (C=O) groups is 2. The van der Waals surface area contributed by atoms with Gasteiger partial charge in [-0.2, -0.15) is 0 Å². The Hall–Kier alpha value is -1.70. The topological polar surface area (TPSA) is 104 Å². The van der Waals surface area contributed by atoms with Crippen LogP contribution < -0.4 is 10.6 Å². The van der Waals surface area contributed by atoms with Gasteiger partial charge < -0.3 is 10.4 Å². The van der Waals surface area contributed by atoms with E-state index in [1.54, 1.807) is 0 Å². The number of aliphatic carboxylic acids is 1. The molecule has 1 fully saturated rings. The molecule has 1 aromatic heterocycles. The van der Waals surface area contributed by atoms with Crippen LogP contribution in [0.5, 0.6) is 0 Å². The summed E-state index contributed by atoms with van der Waals surface area (Å²) in [7, 11) is 0. The van der Waals surface area contributed by atoms with E-state index in [0.29, 0.717) is 23.9 Å². The van der Waals surface area contributed by atoms with Crippen LogP contribution >= 0.6 is 11.3 Å². The lowest BCUT2D eigenvalue weighted by Crippen LogP contribution is -2.57. The molecule has 1 aromatic rings. The quantitative estimate of drug-likeness (QED) is 0.783. The molecule has 0 saturated heterocycles. The maximum Gasteiger partial charge on any atom is 0.329 e. The first-order valence-corrected chi connectivity index (χ1v) is 6.98. The number of rotatable bonds is 3. The Bertz CT molecular complexity index is 455. The lowest BCUT2D eigenvalue weighted by molar-refractivity contribution is -0.146. The molecule has 0 atom stereocenters. The second kappa shape index (κ2) is 5.52. The first-order chi connectivity index (χ1) is 9.02. The highest BCUT2D eigenvalue weighted by molar-refractivity contribution is 7.13. The number of anilines is 1. The van der Waals surface area contributed by atoms with E-state index >= 15 is 0 Å². The lowest BCUT2D eigenvalue weighted by Gasteiger charge is -2.36. The van der Waals surface area contributed by atoms with Gasteiger partial charge in [0.1, 0.15) is 11.0 Å². The van der Waals surface area contributed by atoms with Gasteiger partial charge in [-0.15, -0.1) is 10.2 Å². The molecule has 2 amide bonds. The molecule has 8 heteroatoms. The smallest absolute Gasteiger partial charge is 0.329 e. The third-order valence-corrected chi connectivity index (χ3v) is 4.08. The number of amides is 2. The number of carboxylic acid groups (broad SMARTS) is 1. The number of carbonyl (C=O) groups excluding carboxylic acids is 1. The van der Waals surface area contributed by atoms with Crippen molar-refractivity contribution in [2.75, 3.05) is 5.32 Å². The lowest BCUT2D eigenvalue weighted by atomic mass is 9.77. The van der Waals surface area contributed by atoms with Gasteiger partial charge in [-0.1, -0.05) is 18.3 Å². The number of aromatic nitrogens is 2. The maximum absolute atomic E-state index is 11.8. The Morgan fingerprint density at radius 2 is 2.16 bits per heavy atom. The maximum atomic E-state index is 11.8. The van der Waals surface area contributed by atoms with Crippen molar-refractivity contribution >= 4 is 28.5 Å². The van der Waals surface area contributed by atoms with E-state index in [9.17, 15) is 14.7 Å². The molecule has 104 valence electrons. The molecule has 2 rings (SSSR count). The molecule has 1 aliphatic rings. The highest BCUT2D eigenvalue weighted by atomic mass is 32.1. The molecule has 3 N–H and O–H groups in total. The molecular formula is C11H16N4O3S. The number of nitrogens with one attached hydrogen (secondary N) is 2. The zero-order chi connectivity index (χ0) is 13.9. The first kappa shape index (κ1) is 13.7. The fraction of sp³-hybridized carbons (Fsp3) is 0.636. The molecule has 0 spiro atoms. The van der Waals surface area contributed by atoms with Crippen molar-refractivity contribution in [2.24, 2.45) is 5.92 Å². The van der Waals surface area contributed by atoms with Crippen LogP contribution in [0.1, 0.15) is 32.6 Å². The van der Waals surface area contributed by atoms with Crippen molar-refractivity contribution < 1.29 is 14.7 Å². The van der Waals surface area contributed by atoms with Gasteiger partial charge in [0.25, 0.3) is 0 Å². The van der Waals surface area contributed by atoms with Gasteiger partial charge in [0.15, 0.2) is 0 Å². The molecule has 0 radical (unpaired) electrons. The van der Waals surface area contributed by atoms with Crippen molar-refractivity contribution in [3.05, 3.63) is 5.51 Å². The minimum atomic E-state index is -1.17. The Morgan fingerprint density at radius 1 is 1.47 bits per heavy atom. The average Bonchev–Trinajstić information content (AvgIpc) is 2.84. The summed E-state index contributed by atoms with van der Waals surface area (Å²) in [6.45, 7) is 2.09. The van der Waals surface area contributed by atoms with Gasteiger partial charge in [0.05, 0.1) is 0 Å². The number of hydrogen-bond donors (Lipinski definition) is 3. The SMILES string of the molecule is CC1CCC(NC(=O)Nc2nncs2)(C(=O)O)CC1. The Kier molecular flexibility index (Phi) is 3.98. The molecule has 1 aliphatic carbocycles. The normalized spacial score (nSPS) is 26.7. The third kappa shape index (κ3) is 3.19. The molecule has 0 aliphatic heterocycles. The summed E-state index contributed by atoms with van der Waals surface area (Å²) < 4.78 is 0. The molecule has 1 saturated carbocycles. The van der Waals surface area contributed by atoms with Gasteiger partial charge in [0.2, 0.25) is 5.13 Å². The van der Waals surface area contributed by atoms with Crippen LogP contribution in [-0.2, 0) is 4.79 Å². The van der Waals surface area contributed by atoms with Gasteiger partial charge in [-0.05, 0) is 31.6 Å². The summed E-state index contributed by atoms with van der Waals surface area (Å²) >= 11 is 1.18. The van der Waals surface area contributed by atoms with Crippen LogP contribution in [0.15, 0.2) is 5.51 Å². The Balaban J connectivity index is 2.01. The number of carboxylic acids is 1. The predicted octanol–water partition coefficient (Wildman–Crippen LogP) is 1.69. The van der Waals surface area contributed by atoms with Crippen LogP contribution in [0.2, 0.25) is 0 Å². The fourth-order valence-electron chi connectivity index (χ4n) is 2.22. The second-order valence-electron chi connectivity index (χ2n) is 4.89. The summed E-state index contributed by atoms with van der Waals surface area (Å²) in [5.74, 6) is -0.479. The minimum absolute atomic E-state index is 0.349. The molecule has 19 heavy (non-hydrogen) atoms. The zero-order valence-corrected chi connectivity index (χ0v) is 11.4. The van der Waals surface area contributed by atoms with E-state index in [4.69, 9.17) is 0 Å². The summed E-state index contributed by atoms with van der Waals surface area (Å²) in [6.07, 6.45) is 2.50. The summed E-state index contributed by atoms with van der Waals surface area (Å²) in [4.78, 5) is 23.3. The van der Waals surface area contributed by atoms with E-state index in [2.05, 4.69) is 27.8 Å². The van der Waals surface area contributed by atoms with E-state index in [-0.39, 0.29) is 0 Å². The number of nitrogens with zero attached hydrogens (tertiary/aromatic N) is 2. The van der Waals surface area contributed by atoms with E-state index in [1.807, 2.05) is 0 Å². The van der Waals surface area contributed by atoms with Crippen molar-refractivity contribution in [3.63, 3.8) is 0 Å². The molecule has 1 heterocycles. The van der Waals surface area contributed by atoms with Crippen LogP contribution in [0.3, 0.4) is 0 Å². The van der Waals surface area contributed by atoms with Crippen molar-refractivity contribution in [1.82, 2.24) is 15.5 Å². The van der Waals surface area contributed by atoms with E-state index in [1.165, 1.54) is 16.8 Å². The largest absolute Gasteiger partial charge is 0.480 e. The third-order valence-electron chi connectivity index (χ3n) is 3.47. The van der Waals surface area contributed by atoms with Crippen molar-refractivity contribution in [1.29, 1.82) is 0 Å². The Labute approximate surface area is 114 Å². The van der Waals surface area contributed by atoms with Crippen molar-refractivity contribution in [2.45, 2.75) is 38.1 Å². The molecular weight excluding hydrogens is 268 g/mol. The van der Waals surface area contributed by atoms with Crippen LogP contribution in [-0.4, -0.2) is 32.8 Å². The van der Waals surface area contributed by atoms with Crippen molar-refractivity contribution in [3.8, 4) is 0 Å². The minimum Gasteiger partial charge on any atom is -0.480 e. The zero-order valence-electron chi connectivity index (χ0n) is 10.5. The summed E-state index contributed by atoms with van der Waals surface area (Å²) in [5, 5.41) is 22.1. The van der Waals surface area contributed by atoms with Crippen LogP contribution in [0.4, 0.5) is 9.93 Å². The fourth-order valence-corrected chi connectivity index (χ4v) is 2.66. The first-order valence-electron chi connectivity index (χ1n) is 6.10. The highest BCUT2D eigenvalue weighted by Gasteiger charge is 2.42. The van der Waals surface area contributed by atoms with Gasteiger partial charge in [0, 0.05) is 0 Å². The van der Waals surface area contributed by atoms with Gasteiger partial charge >= 0.3 is 12.0 Å². The van der Waals surface area contributed by atoms with Gasteiger partial charge in [-0.3, -0.25) is 5.32 Å². The van der Waals surface area contributed by atoms with Crippen LogP contribution in [0.25, 0.3) is 0 Å². The number of hydrogen-bond acceptors (Lipinski definition) is 5. The number of urea groups is 1. The predicted molar refractivity (Wildman–Crippen MR) is 70.1 cm³/mol. The van der Waals surface area contributed by atoms with Crippen LogP contribution in [0, 0.1) is 5.92 Å². The molecule has 0 aromatic carbocycles. The van der Waals surface area contributed by atoms with Gasteiger partial charge in [-0.25, -0.2) is 9.59 Å².